The third-order valence-electron chi connectivity index (χ3n) is 6.59. The molecule has 2 heterocycles. The monoisotopic (exact) mass is 461 g/mol. The lowest BCUT2D eigenvalue weighted by Crippen LogP contribution is -2.50. The van der Waals surface area contributed by atoms with Gasteiger partial charge in [0.25, 0.3) is 0 Å². The van der Waals surface area contributed by atoms with Crippen LogP contribution in [0.1, 0.15) is 44.0 Å². The summed E-state index contributed by atoms with van der Waals surface area (Å²) in [6, 6.07) is 8.73. The number of carbonyl (C=O) groups excluding carboxylic acids is 2. The lowest BCUT2D eigenvalue weighted by molar-refractivity contribution is -0.165. The Hall–Kier alpha value is -2.10. The quantitative estimate of drug-likeness (QED) is 0.234. The average Bonchev–Trinajstić information content (AvgIpc) is 3.56. The summed E-state index contributed by atoms with van der Waals surface area (Å²) in [7, 11) is 0. The second-order valence-electron chi connectivity index (χ2n) is 9.29. The Balaban J connectivity index is 1.43. The van der Waals surface area contributed by atoms with E-state index >= 15 is 0 Å². The van der Waals surface area contributed by atoms with E-state index in [1.54, 1.807) is 38.1 Å². The molecule has 1 aromatic rings. The topological polar surface area (TPSA) is 129 Å². The van der Waals surface area contributed by atoms with Crippen LogP contribution >= 0.6 is 0 Å². The van der Waals surface area contributed by atoms with Gasteiger partial charge >= 0.3 is 0 Å². The van der Waals surface area contributed by atoms with Crippen LogP contribution in [0.25, 0.3) is 0 Å². The van der Waals surface area contributed by atoms with E-state index in [1.165, 1.54) is 6.08 Å². The van der Waals surface area contributed by atoms with Gasteiger partial charge in [0.05, 0.1) is 43.7 Å². The van der Waals surface area contributed by atoms with Crippen LogP contribution in [0.5, 0.6) is 0 Å². The van der Waals surface area contributed by atoms with E-state index in [-0.39, 0.29) is 49.4 Å². The molecular formula is C25H35NO7. The van der Waals surface area contributed by atoms with Crippen LogP contribution < -0.4 is 5.32 Å². The third kappa shape index (κ3) is 6.94. The Bertz CT molecular complexity index is 840. The van der Waals surface area contributed by atoms with Gasteiger partial charge < -0.3 is 30.1 Å². The number of aliphatic hydroxyl groups is 3. The number of ketones is 1. The molecule has 2 aliphatic heterocycles. The third-order valence-corrected chi connectivity index (χ3v) is 6.59. The Kier molecular flexibility index (Phi) is 8.78. The van der Waals surface area contributed by atoms with E-state index in [0.29, 0.717) is 17.6 Å². The zero-order valence-electron chi connectivity index (χ0n) is 19.4. The number of Topliss-reactive ketones (excluding diaryl/α,β-unsaturated/α-hetero) is 1. The summed E-state index contributed by atoms with van der Waals surface area (Å²) in [4.78, 5) is 24.3. The Morgan fingerprint density at radius 2 is 1.85 bits per heavy atom. The summed E-state index contributed by atoms with van der Waals surface area (Å²) < 4.78 is 11.5. The van der Waals surface area contributed by atoms with Crippen molar-refractivity contribution in [1.29, 1.82) is 0 Å². The molecule has 8 unspecified atom stereocenters. The SMILES string of the molecule is C/C(=C\C(=O)NCC(=O)c1ccccc1)CC1OCC(CC2OC2C(C)C(C)O)C(O)C1O. The van der Waals surface area contributed by atoms with Crippen LogP contribution in [-0.2, 0) is 14.3 Å². The van der Waals surface area contributed by atoms with Gasteiger partial charge in [-0.15, -0.1) is 0 Å². The second-order valence-corrected chi connectivity index (χ2v) is 9.29. The van der Waals surface area contributed by atoms with E-state index in [9.17, 15) is 24.9 Å². The van der Waals surface area contributed by atoms with Gasteiger partial charge in [0.1, 0.15) is 6.10 Å². The standard InChI is InChI=1S/C25H35NO7/c1-14(10-22(29)26-12-19(28)17-7-5-4-6-8-17)9-20-24(31)23(30)18(13-32-20)11-21-25(33-21)15(2)16(3)27/h4-8,10,15-16,18,20-21,23-25,27,30-31H,9,11-13H2,1-3H3,(H,26,29)/b14-10+. The fourth-order valence-electron chi connectivity index (χ4n) is 4.26. The summed E-state index contributed by atoms with van der Waals surface area (Å²) in [5, 5.41) is 33.4. The summed E-state index contributed by atoms with van der Waals surface area (Å²) in [6.07, 6.45) is -1.000. The minimum absolute atomic E-state index is 0.0104. The molecular weight excluding hydrogens is 426 g/mol. The van der Waals surface area contributed by atoms with Crippen LogP contribution in [0.2, 0.25) is 0 Å². The molecule has 8 heteroatoms. The molecule has 0 bridgehead atoms. The number of ether oxygens (including phenoxy) is 2. The fraction of sp³-hybridized carbons (Fsp3) is 0.600. The average molecular weight is 462 g/mol. The van der Waals surface area contributed by atoms with Crippen LogP contribution in [-0.4, -0.2) is 76.8 Å². The zero-order chi connectivity index (χ0) is 24.1. The lowest BCUT2D eigenvalue weighted by atomic mass is 9.85. The first kappa shape index (κ1) is 25.5. The molecule has 2 aliphatic rings. The number of benzene rings is 1. The van der Waals surface area contributed by atoms with Crippen molar-refractivity contribution in [3.63, 3.8) is 0 Å². The predicted molar refractivity (Wildman–Crippen MR) is 122 cm³/mol. The molecule has 0 radical (unpaired) electrons. The van der Waals surface area contributed by atoms with Crippen molar-refractivity contribution in [3.8, 4) is 0 Å². The summed E-state index contributed by atoms with van der Waals surface area (Å²) in [5.41, 5.74) is 1.20. The van der Waals surface area contributed by atoms with Gasteiger partial charge in [0.15, 0.2) is 5.78 Å². The molecule has 8 atom stereocenters. The predicted octanol–water partition coefficient (Wildman–Crippen LogP) is 1.23. The van der Waals surface area contributed by atoms with Gasteiger partial charge in [0, 0.05) is 23.5 Å². The molecule has 182 valence electrons. The van der Waals surface area contributed by atoms with E-state index in [1.807, 2.05) is 13.0 Å². The molecule has 4 N–H and O–H groups in total. The van der Waals surface area contributed by atoms with Crippen LogP contribution in [0, 0.1) is 11.8 Å². The smallest absolute Gasteiger partial charge is 0.244 e. The van der Waals surface area contributed by atoms with Crippen molar-refractivity contribution in [1.82, 2.24) is 5.32 Å². The number of rotatable bonds is 10. The van der Waals surface area contributed by atoms with Gasteiger partial charge in [-0.05, 0) is 26.7 Å². The van der Waals surface area contributed by atoms with Gasteiger partial charge in [-0.1, -0.05) is 42.8 Å². The molecule has 0 saturated carbocycles. The van der Waals surface area contributed by atoms with Crippen molar-refractivity contribution in [2.75, 3.05) is 13.2 Å². The number of nitrogens with one attached hydrogen (secondary N) is 1. The van der Waals surface area contributed by atoms with E-state index in [0.717, 1.165) is 0 Å². The highest BCUT2D eigenvalue weighted by Gasteiger charge is 2.48. The van der Waals surface area contributed by atoms with Gasteiger partial charge in [-0.25, -0.2) is 0 Å². The number of aliphatic hydroxyl groups excluding tert-OH is 3. The molecule has 33 heavy (non-hydrogen) atoms. The second kappa shape index (κ2) is 11.4. The van der Waals surface area contributed by atoms with Gasteiger partial charge in [0.2, 0.25) is 5.91 Å². The van der Waals surface area contributed by atoms with Crippen molar-refractivity contribution >= 4 is 11.7 Å². The first-order valence-electron chi connectivity index (χ1n) is 11.5. The Labute approximate surface area is 194 Å². The maximum Gasteiger partial charge on any atom is 0.244 e. The Morgan fingerprint density at radius 1 is 1.15 bits per heavy atom. The highest BCUT2D eigenvalue weighted by Crippen LogP contribution is 2.38. The summed E-state index contributed by atoms with van der Waals surface area (Å²) in [5.74, 6) is -0.829. The van der Waals surface area contributed by atoms with Gasteiger partial charge in [-0.2, -0.15) is 0 Å². The molecule has 2 saturated heterocycles. The molecule has 0 spiro atoms. The van der Waals surface area contributed by atoms with E-state index in [2.05, 4.69) is 5.32 Å². The molecule has 2 fully saturated rings. The number of epoxide rings is 1. The van der Waals surface area contributed by atoms with Crippen molar-refractivity contribution in [3.05, 3.63) is 47.5 Å². The molecule has 1 amide bonds. The zero-order valence-corrected chi connectivity index (χ0v) is 19.4. The van der Waals surface area contributed by atoms with Crippen molar-refractivity contribution < 1.29 is 34.4 Å². The maximum absolute atomic E-state index is 12.2. The molecule has 0 aromatic heterocycles. The van der Waals surface area contributed by atoms with E-state index < -0.39 is 30.3 Å². The normalized spacial score (nSPS) is 31.5. The number of hydrogen-bond donors (Lipinski definition) is 4. The first-order chi connectivity index (χ1) is 15.7. The van der Waals surface area contributed by atoms with Crippen LogP contribution in [0.15, 0.2) is 42.0 Å². The van der Waals surface area contributed by atoms with Crippen LogP contribution in [0.3, 0.4) is 0 Å². The minimum Gasteiger partial charge on any atom is -0.393 e. The highest BCUT2D eigenvalue weighted by molar-refractivity contribution is 6.00. The molecule has 1 aromatic carbocycles. The number of amides is 1. The number of hydrogen-bond acceptors (Lipinski definition) is 7. The van der Waals surface area contributed by atoms with Crippen molar-refractivity contribution in [2.45, 2.75) is 70.2 Å². The van der Waals surface area contributed by atoms with Gasteiger partial charge in [-0.3, -0.25) is 9.59 Å². The van der Waals surface area contributed by atoms with Crippen LogP contribution in [0.4, 0.5) is 0 Å². The Morgan fingerprint density at radius 3 is 2.52 bits per heavy atom. The first-order valence-corrected chi connectivity index (χ1v) is 11.5. The minimum atomic E-state index is -1.08. The largest absolute Gasteiger partial charge is 0.393 e. The summed E-state index contributed by atoms with van der Waals surface area (Å²) in [6.45, 7) is 5.58. The highest BCUT2D eigenvalue weighted by atomic mass is 16.6. The fourth-order valence-corrected chi connectivity index (χ4v) is 4.26. The van der Waals surface area contributed by atoms with E-state index in [4.69, 9.17) is 9.47 Å². The van der Waals surface area contributed by atoms with Crippen molar-refractivity contribution in [2.24, 2.45) is 11.8 Å². The molecule has 0 aliphatic carbocycles. The summed E-state index contributed by atoms with van der Waals surface area (Å²) >= 11 is 0. The number of carbonyl (C=O) groups is 2. The maximum atomic E-state index is 12.2. The molecule has 3 rings (SSSR count). The molecule has 8 nitrogen and oxygen atoms in total. The lowest BCUT2D eigenvalue weighted by Gasteiger charge is -2.38.